The van der Waals surface area contributed by atoms with Gasteiger partial charge in [0.1, 0.15) is 0 Å². The van der Waals surface area contributed by atoms with Crippen LogP contribution in [0.2, 0.25) is 0 Å². The first-order valence-electron chi connectivity index (χ1n) is 4.97. The molecule has 1 heterocycles. The molecule has 1 rings (SSSR count). The van der Waals surface area contributed by atoms with Gasteiger partial charge in [0.25, 0.3) is 0 Å². The van der Waals surface area contributed by atoms with Gasteiger partial charge in [0.15, 0.2) is 0 Å². The summed E-state index contributed by atoms with van der Waals surface area (Å²) in [6.07, 6.45) is 3.21. The summed E-state index contributed by atoms with van der Waals surface area (Å²) in [7, 11) is 1.73. The van der Waals surface area contributed by atoms with Crippen LogP contribution in [0.15, 0.2) is 0 Å². The Hall–Kier alpha value is -0.120. The Labute approximate surface area is 80.6 Å². The fourth-order valence-corrected chi connectivity index (χ4v) is 1.64. The lowest BCUT2D eigenvalue weighted by molar-refractivity contribution is -0.0670. The van der Waals surface area contributed by atoms with Crippen LogP contribution in [0, 0.1) is 0 Å². The molecule has 1 saturated heterocycles. The molecule has 0 bridgehead atoms. The van der Waals surface area contributed by atoms with E-state index in [0.717, 1.165) is 25.9 Å². The van der Waals surface area contributed by atoms with Crippen molar-refractivity contribution in [3.05, 3.63) is 0 Å². The minimum atomic E-state index is -0.125. The van der Waals surface area contributed by atoms with Crippen molar-refractivity contribution in [3.8, 4) is 0 Å². The molecule has 0 aromatic carbocycles. The van der Waals surface area contributed by atoms with Crippen molar-refractivity contribution in [2.24, 2.45) is 5.73 Å². The van der Waals surface area contributed by atoms with Gasteiger partial charge in [-0.25, -0.2) is 0 Å². The van der Waals surface area contributed by atoms with E-state index < -0.39 is 0 Å². The fraction of sp³-hybridized carbons (Fsp3) is 1.00. The molecule has 0 saturated carbocycles. The van der Waals surface area contributed by atoms with Crippen LogP contribution in [0.3, 0.4) is 0 Å². The average Bonchev–Trinajstić information content (AvgIpc) is 2.09. The molecule has 3 nitrogen and oxygen atoms in total. The SMILES string of the molecule is COC(C)(C)CC1OCCCC1N. The number of hydrogen-bond donors (Lipinski definition) is 1. The van der Waals surface area contributed by atoms with Crippen molar-refractivity contribution in [1.29, 1.82) is 0 Å². The second-order valence-corrected chi connectivity index (χ2v) is 4.38. The van der Waals surface area contributed by atoms with E-state index >= 15 is 0 Å². The molecule has 0 aromatic rings. The first kappa shape index (κ1) is 11.0. The van der Waals surface area contributed by atoms with Crippen molar-refractivity contribution >= 4 is 0 Å². The smallest absolute Gasteiger partial charge is 0.0753 e. The second kappa shape index (κ2) is 4.40. The summed E-state index contributed by atoms with van der Waals surface area (Å²) in [4.78, 5) is 0. The van der Waals surface area contributed by atoms with E-state index in [1.807, 2.05) is 0 Å². The molecule has 0 radical (unpaired) electrons. The van der Waals surface area contributed by atoms with Gasteiger partial charge < -0.3 is 15.2 Å². The average molecular weight is 187 g/mol. The van der Waals surface area contributed by atoms with E-state index in [0.29, 0.717) is 0 Å². The van der Waals surface area contributed by atoms with Crippen LogP contribution in [0.25, 0.3) is 0 Å². The van der Waals surface area contributed by atoms with Crippen LogP contribution in [0.4, 0.5) is 0 Å². The Morgan fingerprint density at radius 1 is 1.54 bits per heavy atom. The van der Waals surface area contributed by atoms with Gasteiger partial charge in [0.05, 0.1) is 11.7 Å². The Balaban J connectivity index is 2.42. The summed E-state index contributed by atoms with van der Waals surface area (Å²) in [5, 5.41) is 0. The standard InChI is InChI=1S/C10H21NO2/c1-10(2,12-3)7-9-8(11)5-4-6-13-9/h8-9H,4-7,11H2,1-3H3. The molecule has 2 N–H and O–H groups in total. The molecule has 0 spiro atoms. The molecular weight excluding hydrogens is 166 g/mol. The lowest BCUT2D eigenvalue weighted by atomic mass is 9.93. The zero-order chi connectivity index (χ0) is 9.90. The topological polar surface area (TPSA) is 44.5 Å². The van der Waals surface area contributed by atoms with Crippen molar-refractivity contribution < 1.29 is 9.47 Å². The maximum atomic E-state index is 5.96. The highest BCUT2D eigenvalue weighted by atomic mass is 16.5. The van der Waals surface area contributed by atoms with Gasteiger partial charge in [-0.05, 0) is 26.7 Å². The third-order valence-electron chi connectivity index (χ3n) is 2.74. The number of rotatable bonds is 3. The monoisotopic (exact) mass is 187 g/mol. The molecule has 0 aromatic heterocycles. The number of methoxy groups -OCH3 is 1. The minimum absolute atomic E-state index is 0.125. The zero-order valence-electron chi connectivity index (χ0n) is 8.88. The third kappa shape index (κ3) is 3.25. The third-order valence-corrected chi connectivity index (χ3v) is 2.74. The zero-order valence-corrected chi connectivity index (χ0v) is 8.88. The maximum Gasteiger partial charge on any atom is 0.0753 e. The Kier molecular flexibility index (Phi) is 3.71. The first-order valence-corrected chi connectivity index (χ1v) is 4.97. The molecule has 13 heavy (non-hydrogen) atoms. The lowest BCUT2D eigenvalue weighted by Gasteiger charge is -2.34. The van der Waals surface area contributed by atoms with Gasteiger partial charge in [-0.2, -0.15) is 0 Å². The van der Waals surface area contributed by atoms with Crippen LogP contribution in [0.1, 0.15) is 33.1 Å². The quantitative estimate of drug-likeness (QED) is 0.724. The number of hydrogen-bond acceptors (Lipinski definition) is 3. The van der Waals surface area contributed by atoms with Gasteiger partial charge >= 0.3 is 0 Å². The highest BCUT2D eigenvalue weighted by molar-refractivity contribution is 4.83. The summed E-state index contributed by atoms with van der Waals surface area (Å²) >= 11 is 0. The van der Waals surface area contributed by atoms with Crippen LogP contribution in [-0.4, -0.2) is 31.5 Å². The molecule has 2 unspecified atom stereocenters. The summed E-state index contributed by atoms with van der Waals surface area (Å²) in [6.45, 7) is 4.98. The molecule has 2 atom stereocenters. The van der Waals surface area contributed by atoms with Crippen LogP contribution in [-0.2, 0) is 9.47 Å². The normalized spacial score (nSPS) is 30.5. The Morgan fingerprint density at radius 2 is 2.23 bits per heavy atom. The van der Waals surface area contributed by atoms with Gasteiger partial charge in [-0.1, -0.05) is 0 Å². The number of ether oxygens (including phenoxy) is 2. The molecule has 1 fully saturated rings. The van der Waals surface area contributed by atoms with E-state index in [1.54, 1.807) is 7.11 Å². The summed E-state index contributed by atoms with van der Waals surface area (Å²) < 4.78 is 11.0. The minimum Gasteiger partial charge on any atom is -0.379 e. The molecule has 0 amide bonds. The highest BCUT2D eigenvalue weighted by Gasteiger charge is 2.29. The molecule has 1 aliphatic rings. The molecule has 3 heteroatoms. The summed E-state index contributed by atoms with van der Waals surface area (Å²) in [5.41, 5.74) is 5.83. The fourth-order valence-electron chi connectivity index (χ4n) is 1.64. The molecule has 0 aliphatic carbocycles. The predicted octanol–water partition coefficient (Wildman–Crippen LogP) is 1.31. The van der Waals surface area contributed by atoms with Gasteiger partial charge in [-0.3, -0.25) is 0 Å². The maximum absolute atomic E-state index is 5.96. The summed E-state index contributed by atoms with van der Waals surface area (Å²) in [5.74, 6) is 0. The predicted molar refractivity (Wildman–Crippen MR) is 52.7 cm³/mol. The van der Waals surface area contributed by atoms with E-state index in [2.05, 4.69) is 13.8 Å². The Morgan fingerprint density at radius 3 is 2.77 bits per heavy atom. The van der Waals surface area contributed by atoms with E-state index in [-0.39, 0.29) is 17.7 Å². The van der Waals surface area contributed by atoms with Gasteiger partial charge in [0, 0.05) is 26.2 Å². The van der Waals surface area contributed by atoms with Gasteiger partial charge in [0.2, 0.25) is 0 Å². The molecule has 78 valence electrons. The lowest BCUT2D eigenvalue weighted by Crippen LogP contribution is -2.45. The van der Waals surface area contributed by atoms with Crippen molar-refractivity contribution in [1.82, 2.24) is 0 Å². The largest absolute Gasteiger partial charge is 0.379 e. The van der Waals surface area contributed by atoms with Crippen molar-refractivity contribution in [2.45, 2.75) is 50.9 Å². The van der Waals surface area contributed by atoms with Crippen LogP contribution >= 0.6 is 0 Å². The van der Waals surface area contributed by atoms with Crippen molar-refractivity contribution in [2.75, 3.05) is 13.7 Å². The Bertz CT molecular complexity index is 159. The van der Waals surface area contributed by atoms with E-state index in [1.165, 1.54) is 0 Å². The van der Waals surface area contributed by atoms with Crippen molar-refractivity contribution in [3.63, 3.8) is 0 Å². The molecule has 1 aliphatic heterocycles. The van der Waals surface area contributed by atoms with Crippen LogP contribution < -0.4 is 5.73 Å². The van der Waals surface area contributed by atoms with E-state index in [9.17, 15) is 0 Å². The van der Waals surface area contributed by atoms with Crippen LogP contribution in [0.5, 0.6) is 0 Å². The van der Waals surface area contributed by atoms with Gasteiger partial charge in [-0.15, -0.1) is 0 Å². The number of nitrogens with two attached hydrogens (primary N) is 1. The molecular formula is C10H21NO2. The second-order valence-electron chi connectivity index (χ2n) is 4.38. The highest BCUT2D eigenvalue weighted by Crippen LogP contribution is 2.23. The first-order chi connectivity index (χ1) is 6.05. The van der Waals surface area contributed by atoms with E-state index in [4.69, 9.17) is 15.2 Å². The summed E-state index contributed by atoms with van der Waals surface area (Å²) in [6, 6.07) is 0.183.